The van der Waals surface area contributed by atoms with Gasteiger partial charge in [-0.1, -0.05) is 17.7 Å². The first-order valence-electron chi connectivity index (χ1n) is 5.93. The summed E-state index contributed by atoms with van der Waals surface area (Å²) >= 11 is 7.43. The summed E-state index contributed by atoms with van der Waals surface area (Å²) in [6.07, 6.45) is 6.06. The normalized spacial score (nSPS) is 11.1. The van der Waals surface area contributed by atoms with Gasteiger partial charge in [-0.25, -0.2) is 4.98 Å². The lowest BCUT2D eigenvalue weighted by atomic mass is 10.3. The van der Waals surface area contributed by atoms with Crippen molar-refractivity contribution in [1.29, 1.82) is 0 Å². The maximum absolute atomic E-state index is 12.0. The smallest absolute Gasteiger partial charge is 0.323 e. The molecule has 0 radical (unpaired) electrons. The third-order valence-electron chi connectivity index (χ3n) is 2.63. The van der Waals surface area contributed by atoms with E-state index < -0.39 is 11.9 Å². The van der Waals surface area contributed by atoms with Crippen molar-refractivity contribution < 1.29 is 14.7 Å². The van der Waals surface area contributed by atoms with Gasteiger partial charge in [-0.05, 0) is 6.08 Å². The Balaban J connectivity index is 2.20. The lowest BCUT2D eigenvalue weighted by molar-refractivity contribution is -0.142. The highest BCUT2D eigenvalue weighted by molar-refractivity contribution is 7.15. The number of carboxylic acid groups (broad SMARTS) is 1. The Kier molecular flexibility index (Phi) is 4.77. The zero-order valence-electron chi connectivity index (χ0n) is 10.9. The maximum atomic E-state index is 12.0. The molecule has 0 saturated carbocycles. The summed E-state index contributed by atoms with van der Waals surface area (Å²) in [7, 11) is 0. The van der Waals surface area contributed by atoms with Crippen LogP contribution in [0.15, 0.2) is 30.3 Å². The second-order valence-corrected chi connectivity index (χ2v) is 5.31. The fraction of sp³-hybridized carbons (Fsp3) is 0.154. The summed E-state index contributed by atoms with van der Waals surface area (Å²) < 4.78 is 1.76. The third kappa shape index (κ3) is 3.50. The van der Waals surface area contributed by atoms with Crippen LogP contribution in [-0.4, -0.2) is 44.4 Å². The van der Waals surface area contributed by atoms with Gasteiger partial charge in [0.15, 0.2) is 10.1 Å². The molecule has 0 saturated heterocycles. The Morgan fingerprint density at radius 1 is 1.57 bits per heavy atom. The van der Waals surface area contributed by atoms with Crippen molar-refractivity contribution in [2.24, 2.45) is 0 Å². The Bertz CT molecular complexity index is 719. The van der Waals surface area contributed by atoms with Crippen molar-refractivity contribution in [2.75, 3.05) is 13.1 Å². The van der Waals surface area contributed by atoms with Gasteiger partial charge in [-0.3, -0.25) is 14.0 Å². The zero-order valence-corrected chi connectivity index (χ0v) is 12.5. The molecule has 8 heteroatoms. The summed E-state index contributed by atoms with van der Waals surface area (Å²) in [4.78, 5) is 28.8. The number of amides is 1. The van der Waals surface area contributed by atoms with Crippen LogP contribution in [0, 0.1) is 0 Å². The molecule has 6 nitrogen and oxygen atoms in total. The minimum Gasteiger partial charge on any atom is -0.480 e. The van der Waals surface area contributed by atoms with Crippen LogP contribution < -0.4 is 0 Å². The minimum atomic E-state index is -1.08. The van der Waals surface area contributed by atoms with Gasteiger partial charge in [0, 0.05) is 24.2 Å². The van der Waals surface area contributed by atoms with E-state index in [9.17, 15) is 9.59 Å². The molecule has 0 spiro atoms. The topological polar surface area (TPSA) is 74.9 Å². The summed E-state index contributed by atoms with van der Waals surface area (Å²) in [6.45, 7) is 3.27. The van der Waals surface area contributed by atoms with Gasteiger partial charge in [0.1, 0.15) is 6.54 Å². The maximum Gasteiger partial charge on any atom is 0.323 e. The minimum absolute atomic E-state index is 0.156. The molecule has 2 aromatic rings. The molecule has 21 heavy (non-hydrogen) atoms. The molecular formula is C13H12ClN3O3S. The van der Waals surface area contributed by atoms with E-state index in [-0.39, 0.29) is 13.1 Å². The molecule has 0 atom stereocenters. The van der Waals surface area contributed by atoms with Gasteiger partial charge in [-0.15, -0.1) is 17.9 Å². The number of carbonyl (C=O) groups excluding carboxylic acids is 1. The molecule has 2 aromatic heterocycles. The van der Waals surface area contributed by atoms with Gasteiger partial charge in [0.25, 0.3) is 0 Å². The van der Waals surface area contributed by atoms with Crippen molar-refractivity contribution in [1.82, 2.24) is 14.3 Å². The molecule has 1 amide bonds. The third-order valence-corrected chi connectivity index (χ3v) is 3.66. The van der Waals surface area contributed by atoms with Crippen LogP contribution in [0.2, 0.25) is 5.15 Å². The molecule has 1 N–H and O–H groups in total. The van der Waals surface area contributed by atoms with Gasteiger partial charge in [0.05, 0.1) is 5.69 Å². The number of imidazole rings is 1. The number of fused-ring (bicyclic) bond motifs is 1. The van der Waals surface area contributed by atoms with Crippen LogP contribution in [-0.2, 0) is 9.59 Å². The first-order chi connectivity index (χ1) is 10.0. The number of carboxylic acids is 1. The monoisotopic (exact) mass is 325 g/mol. The zero-order chi connectivity index (χ0) is 15.4. The Morgan fingerprint density at radius 3 is 3.00 bits per heavy atom. The van der Waals surface area contributed by atoms with Crippen LogP contribution in [0.4, 0.5) is 0 Å². The number of thiazole rings is 1. The first-order valence-corrected chi connectivity index (χ1v) is 7.19. The number of halogens is 1. The summed E-state index contributed by atoms with van der Waals surface area (Å²) in [5.74, 6) is -1.51. The second kappa shape index (κ2) is 6.55. The quantitative estimate of drug-likeness (QED) is 0.652. The highest BCUT2D eigenvalue weighted by Crippen LogP contribution is 2.22. The molecule has 2 rings (SSSR count). The van der Waals surface area contributed by atoms with Crippen molar-refractivity contribution in [3.05, 3.63) is 41.2 Å². The van der Waals surface area contributed by atoms with Gasteiger partial charge in [-0.2, -0.15) is 0 Å². The van der Waals surface area contributed by atoms with E-state index in [4.69, 9.17) is 16.7 Å². The van der Waals surface area contributed by atoms with Gasteiger partial charge >= 0.3 is 5.97 Å². The van der Waals surface area contributed by atoms with Crippen LogP contribution in [0.3, 0.4) is 0 Å². The predicted octanol–water partition coefficient (Wildman–Crippen LogP) is 2.16. The SMILES string of the molecule is C=CCN(CC(=O)O)C(=O)C=Cc1c(Cl)nc2sccn12. The van der Waals surface area contributed by atoms with Crippen LogP contribution >= 0.6 is 22.9 Å². The fourth-order valence-corrected chi connectivity index (χ4v) is 2.74. The first kappa shape index (κ1) is 15.3. The van der Waals surface area contributed by atoms with Crippen molar-refractivity contribution in [3.63, 3.8) is 0 Å². The predicted molar refractivity (Wildman–Crippen MR) is 81.5 cm³/mol. The van der Waals surface area contributed by atoms with E-state index in [2.05, 4.69) is 11.6 Å². The number of aliphatic carboxylic acids is 1. The Morgan fingerprint density at radius 2 is 2.33 bits per heavy atom. The Hall–Kier alpha value is -2.12. The van der Waals surface area contributed by atoms with Crippen LogP contribution in [0.1, 0.15) is 5.69 Å². The van der Waals surface area contributed by atoms with Crippen LogP contribution in [0.5, 0.6) is 0 Å². The van der Waals surface area contributed by atoms with Crippen molar-refractivity contribution >= 4 is 45.9 Å². The van der Waals surface area contributed by atoms with E-state index in [1.54, 1.807) is 10.6 Å². The number of carbonyl (C=O) groups is 2. The number of aromatic nitrogens is 2. The standard InChI is InChI=1S/C13H12ClN3O3S/c1-2-5-16(8-11(19)20)10(18)4-3-9-12(14)15-13-17(9)6-7-21-13/h2-4,6-7H,1,5,8H2,(H,19,20). The summed E-state index contributed by atoms with van der Waals surface area (Å²) in [5, 5.41) is 10.9. The molecule has 0 fully saturated rings. The molecule has 0 aromatic carbocycles. The van der Waals surface area contributed by atoms with Crippen molar-refractivity contribution in [2.45, 2.75) is 0 Å². The van der Waals surface area contributed by atoms with E-state index in [0.717, 1.165) is 9.86 Å². The van der Waals surface area contributed by atoms with E-state index >= 15 is 0 Å². The van der Waals surface area contributed by atoms with E-state index in [1.807, 2.05) is 5.38 Å². The average Bonchev–Trinajstić information content (AvgIpc) is 2.96. The molecule has 2 heterocycles. The largest absolute Gasteiger partial charge is 0.480 e. The molecule has 0 aliphatic heterocycles. The lowest BCUT2D eigenvalue weighted by Gasteiger charge is -2.16. The molecule has 0 unspecified atom stereocenters. The van der Waals surface area contributed by atoms with E-state index in [1.165, 1.54) is 29.6 Å². The number of rotatable bonds is 6. The highest BCUT2D eigenvalue weighted by Gasteiger charge is 2.14. The lowest BCUT2D eigenvalue weighted by Crippen LogP contribution is -2.34. The van der Waals surface area contributed by atoms with Gasteiger partial charge in [0.2, 0.25) is 5.91 Å². The molecule has 0 bridgehead atoms. The highest BCUT2D eigenvalue weighted by atomic mass is 35.5. The number of hydrogen-bond acceptors (Lipinski definition) is 4. The molecule has 0 aliphatic carbocycles. The number of hydrogen-bond donors (Lipinski definition) is 1. The summed E-state index contributed by atoms with van der Waals surface area (Å²) in [6, 6.07) is 0. The molecular weight excluding hydrogens is 314 g/mol. The van der Waals surface area contributed by atoms with Crippen LogP contribution in [0.25, 0.3) is 11.0 Å². The average molecular weight is 326 g/mol. The number of nitrogens with zero attached hydrogens (tertiary/aromatic N) is 3. The van der Waals surface area contributed by atoms with E-state index in [0.29, 0.717) is 10.8 Å². The van der Waals surface area contributed by atoms with Gasteiger partial charge < -0.3 is 10.0 Å². The van der Waals surface area contributed by atoms with Crippen molar-refractivity contribution in [3.8, 4) is 0 Å². The molecule has 0 aliphatic rings. The molecule has 110 valence electrons. The second-order valence-electron chi connectivity index (χ2n) is 4.08. The summed E-state index contributed by atoms with van der Waals surface area (Å²) in [5.41, 5.74) is 0.579. The Labute approximate surface area is 129 Å². The fourth-order valence-electron chi connectivity index (χ4n) is 1.73.